The van der Waals surface area contributed by atoms with Crippen molar-refractivity contribution in [1.29, 1.82) is 0 Å². The molecule has 11 N–H and O–H groups in total. The molecular formula is C21H33N7O6S. The zero-order valence-corrected chi connectivity index (χ0v) is 20.0. The summed E-state index contributed by atoms with van der Waals surface area (Å²) in [5.41, 5.74) is 17.2. The third kappa shape index (κ3) is 11.1. The van der Waals surface area contributed by atoms with E-state index in [2.05, 4.69) is 33.6 Å². The van der Waals surface area contributed by atoms with Gasteiger partial charge in [0, 0.05) is 18.7 Å². The van der Waals surface area contributed by atoms with Crippen molar-refractivity contribution < 1.29 is 29.4 Å². The number of nitrogens with one attached hydrogen (secondary N) is 3. The zero-order chi connectivity index (χ0) is 26.4. The lowest BCUT2D eigenvalue weighted by molar-refractivity contribution is -0.142. The Morgan fingerprint density at radius 2 is 1.51 bits per heavy atom. The first-order valence-electron chi connectivity index (χ1n) is 10.8. The minimum atomic E-state index is -1.45. The molecule has 0 spiro atoms. The lowest BCUT2D eigenvalue weighted by Gasteiger charge is -2.24. The van der Waals surface area contributed by atoms with Crippen LogP contribution in [0, 0.1) is 0 Å². The van der Waals surface area contributed by atoms with Gasteiger partial charge in [-0.3, -0.25) is 19.4 Å². The Hall–Kier alpha value is -3.36. The molecule has 0 aliphatic heterocycles. The summed E-state index contributed by atoms with van der Waals surface area (Å²) in [7, 11) is 0. The molecular weight excluding hydrogens is 478 g/mol. The largest absolute Gasteiger partial charge is 0.480 e. The highest BCUT2D eigenvalue weighted by atomic mass is 32.1. The number of carbonyl (C=O) groups excluding carboxylic acids is 3. The van der Waals surface area contributed by atoms with Crippen molar-refractivity contribution in [2.24, 2.45) is 22.2 Å². The van der Waals surface area contributed by atoms with E-state index in [1.54, 1.807) is 30.3 Å². The average Bonchev–Trinajstić information content (AvgIpc) is 2.82. The van der Waals surface area contributed by atoms with Crippen LogP contribution in [0.2, 0.25) is 0 Å². The summed E-state index contributed by atoms with van der Waals surface area (Å²) in [6, 6.07) is 3.97. The van der Waals surface area contributed by atoms with Crippen molar-refractivity contribution in [2.75, 3.05) is 18.9 Å². The van der Waals surface area contributed by atoms with Gasteiger partial charge in [-0.05, 0) is 18.4 Å². The Morgan fingerprint density at radius 1 is 0.943 bits per heavy atom. The van der Waals surface area contributed by atoms with Gasteiger partial charge in [0.15, 0.2) is 5.96 Å². The molecule has 0 aliphatic rings. The molecule has 4 unspecified atom stereocenters. The number of aliphatic carboxylic acids is 1. The maximum Gasteiger partial charge on any atom is 0.327 e. The number of rotatable bonds is 15. The monoisotopic (exact) mass is 511 g/mol. The SMILES string of the molecule is NC(N)=NCCCC(N)C(=O)NC(Cc1ccccc1)C(=O)NC(CO)C(=O)NC(CS)C(=O)O. The number of thiol groups is 1. The van der Waals surface area contributed by atoms with Crippen molar-refractivity contribution in [1.82, 2.24) is 16.0 Å². The number of guanidine groups is 1. The number of carboxylic acids is 1. The number of carboxylic acid groups (broad SMARTS) is 1. The Labute approximate surface area is 208 Å². The molecule has 1 aromatic carbocycles. The van der Waals surface area contributed by atoms with E-state index in [1.807, 2.05) is 0 Å². The lowest BCUT2D eigenvalue weighted by atomic mass is 10.0. The van der Waals surface area contributed by atoms with Gasteiger partial charge in [-0.2, -0.15) is 12.6 Å². The highest BCUT2D eigenvalue weighted by Gasteiger charge is 2.29. The molecule has 14 heteroatoms. The molecule has 0 aromatic heterocycles. The predicted molar refractivity (Wildman–Crippen MR) is 132 cm³/mol. The number of hydrogen-bond acceptors (Lipinski definition) is 8. The van der Waals surface area contributed by atoms with Gasteiger partial charge in [0.2, 0.25) is 17.7 Å². The smallest absolute Gasteiger partial charge is 0.327 e. The number of benzene rings is 1. The van der Waals surface area contributed by atoms with E-state index >= 15 is 0 Å². The molecule has 0 radical (unpaired) electrons. The van der Waals surface area contributed by atoms with Crippen LogP contribution in [0.15, 0.2) is 35.3 Å². The van der Waals surface area contributed by atoms with Crippen LogP contribution in [0.4, 0.5) is 0 Å². The van der Waals surface area contributed by atoms with E-state index in [-0.39, 0.29) is 31.1 Å². The number of aliphatic imine (C=N–C) groups is 1. The van der Waals surface area contributed by atoms with Crippen LogP contribution in [0.1, 0.15) is 18.4 Å². The van der Waals surface area contributed by atoms with Gasteiger partial charge in [-0.1, -0.05) is 30.3 Å². The summed E-state index contributed by atoms with van der Waals surface area (Å²) in [4.78, 5) is 52.9. The van der Waals surface area contributed by atoms with Gasteiger partial charge in [-0.25, -0.2) is 4.79 Å². The van der Waals surface area contributed by atoms with Gasteiger partial charge in [0.05, 0.1) is 12.6 Å². The van der Waals surface area contributed by atoms with Gasteiger partial charge in [0.25, 0.3) is 0 Å². The molecule has 0 saturated heterocycles. The number of aliphatic hydroxyl groups excluding tert-OH is 1. The molecule has 4 atom stereocenters. The number of carbonyl (C=O) groups is 4. The quantitative estimate of drug-likeness (QED) is 0.0506. The highest BCUT2D eigenvalue weighted by molar-refractivity contribution is 7.80. The van der Waals surface area contributed by atoms with E-state index in [0.29, 0.717) is 6.42 Å². The van der Waals surface area contributed by atoms with Crippen LogP contribution in [-0.4, -0.2) is 82.9 Å². The van der Waals surface area contributed by atoms with Crippen molar-refractivity contribution >= 4 is 42.3 Å². The summed E-state index contributed by atoms with van der Waals surface area (Å²) in [6.07, 6.45) is 0.766. The van der Waals surface area contributed by atoms with E-state index in [0.717, 1.165) is 5.56 Å². The first kappa shape index (κ1) is 29.7. The Bertz CT molecular complexity index is 882. The Balaban J connectivity index is 2.90. The standard InChI is InChI=1S/C21H33N7O6S/c22-13(7-4-8-25-21(23)24)17(30)26-14(9-12-5-2-1-3-6-12)18(31)27-15(10-29)19(32)28-16(11-35)20(33)34/h1-3,5-6,13-16,29,35H,4,7-11,22H2,(H,26,30)(H,27,31)(H,28,32)(H,33,34)(H4,23,24,25). The third-order valence-corrected chi connectivity index (χ3v) is 5.20. The number of amides is 3. The minimum Gasteiger partial charge on any atom is -0.480 e. The van der Waals surface area contributed by atoms with Crippen molar-refractivity contribution in [3.63, 3.8) is 0 Å². The highest BCUT2D eigenvalue weighted by Crippen LogP contribution is 2.06. The van der Waals surface area contributed by atoms with E-state index in [4.69, 9.17) is 22.3 Å². The van der Waals surface area contributed by atoms with Crippen molar-refractivity contribution in [2.45, 2.75) is 43.4 Å². The molecule has 1 rings (SSSR count). The third-order valence-electron chi connectivity index (χ3n) is 4.83. The van der Waals surface area contributed by atoms with Gasteiger partial charge < -0.3 is 43.4 Å². The summed E-state index contributed by atoms with van der Waals surface area (Å²) in [5.74, 6) is -3.86. The van der Waals surface area contributed by atoms with Gasteiger partial charge >= 0.3 is 5.97 Å². The van der Waals surface area contributed by atoms with E-state index in [1.165, 1.54) is 0 Å². The van der Waals surface area contributed by atoms with Crippen LogP contribution >= 0.6 is 12.6 Å². The summed E-state index contributed by atoms with van der Waals surface area (Å²) in [6.45, 7) is -0.513. The molecule has 0 saturated carbocycles. The molecule has 0 heterocycles. The number of nitrogens with zero attached hydrogens (tertiary/aromatic N) is 1. The second kappa shape index (κ2) is 15.5. The molecule has 194 valence electrons. The van der Waals surface area contributed by atoms with Crippen LogP contribution < -0.4 is 33.2 Å². The normalized spacial score (nSPS) is 14.0. The molecule has 35 heavy (non-hydrogen) atoms. The van der Waals surface area contributed by atoms with E-state index < -0.39 is 54.5 Å². The number of hydrogen-bond donors (Lipinski definition) is 9. The average molecular weight is 512 g/mol. The number of aliphatic hydroxyl groups is 1. The number of nitrogens with two attached hydrogens (primary N) is 3. The van der Waals surface area contributed by atoms with E-state index in [9.17, 15) is 24.3 Å². The molecule has 13 nitrogen and oxygen atoms in total. The predicted octanol–water partition coefficient (Wildman–Crippen LogP) is -2.93. The molecule has 1 aromatic rings. The van der Waals surface area contributed by atoms with Gasteiger partial charge in [0.1, 0.15) is 18.1 Å². The first-order valence-corrected chi connectivity index (χ1v) is 11.4. The van der Waals surface area contributed by atoms with Crippen LogP contribution in [0.3, 0.4) is 0 Å². The fraction of sp³-hybridized carbons (Fsp3) is 0.476. The summed E-state index contributed by atoms with van der Waals surface area (Å²) < 4.78 is 0. The van der Waals surface area contributed by atoms with Crippen LogP contribution in [-0.2, 0) is 25.6 Å². The van der Waals surface area contributed by atoms with Crippen molar-refractivity contribution in [3.8, 4) is 0 Å². The van der Waals surface area contributed by atoms with Gasteiger partial charge in [-0.15, -0.1) is 0 Å². The second-order valence-corrected chi connectivity index (χ2v) is 8.00. The lowest BCUT2D eigenvalue weighted by Crippen LogP contribution is -2.58. The zero-order valence-electron chi connectivity index (χ0n) is 19.1. The van der Waals surface area contributed by atoms with Crippen LogP contribution in [0.25, 0.3) is 0 Å². The van der Waals surface area contributed by atoms with Crippen molar-refractivity contribution in [3.05, 3.63) is 35.9 Å². The maximum atomic E-state index is 13.0. The second-order valence-electron chi connectivity index (χ2n) is 7.63. The molecule has 0 fully saturated rings. The molecule has 0 aliphatic carbocycles. The minimum absolute atomic E-state index is 0.0749. The fourth-order valence-corrected chi connectivity index (χ4v) is 3.16. The first-order chi connectivity index (χ1) is 16.6. The molecule has 3 amide bonds. The summed E-state index contributed by atoms with van der Waals surface area (Å²) in [5, 5.41) is 25.8. The van der Waals surface area contributed by atoms with Crippen LogP contribution in [0.5, 0.6) is 0 Å². The molecule has 0 bridgehead atoms. The fourth-order valence-electron chi connectivity index (χ4n) is 2.91. The Morgan fingerprint density at radius 3 is 2.06 bits per heavy atom. The summed E-state index contributed by atoms with van der Waals surface area (Å²) >= 11 is 3.86. The topological polar surface area (TPSA) is 235 Å². The Kier molecular flexibility index (Phi) is 13.2. The maximum absolute atomic E-state index is 13.0.